The number of amides is 1. The summed E-state index contributed by atoms with van der Waals surface area (Å²) in [6, 6.07) is 5.48. The van der Waals surface area contributed by atoms with Gasteiger partial charge in [-0.2, -0.15) is 11.8 Å². The lowest BCUT2D eigenvalue weighted by molar-refractivity contribution is 0.100. The number of benzene rings is 1. The zero-order valence-electron chi connectivity index (χ0n) is 9.57. The van der Waals surface area contributed by atoms with Gasteiger partial charge in [-0.1, -0.05) is 18.5 Å². The molecule has 0 aromatic heterocycles. The van der Waals surface area contributed by atoms with Crippen molar-refractivity contribution in [1.29, 1.82) is 0 Å². The molecule has 0 bridgehead atoms. The van der Waals surface area contributed by atoms with Gasteiger partial charge in [0.2, 0.25) is 5.91 Å². The van der Waals surface area contributed by atoms with Crippen molar-refractivity contribution >= 4 is 35.0 Å². The van der Waals surface area contributed by atoms with Crippen LogP contribution in [0.5, 0.6) is 0 Å². The number of hydrogen-bond acceptors (Lipinski definition) is 3. The van der Waals surface area contributed by atoms with Crippen molar-refractivity contribution in [3.05, 3.63) is 28.8 Å². The van der Waals surface area contributed by atoms with E-state index in [-0.39, 0.29) is 0 Å². The Balaban J connectivity index is 2.14. The molecule has 92 valence electrons. The molecule has 2 rings (SSSR count). The number of primary amides is 1. The number of thioether (sulfide) groups is 1. The Morgan fingerprint density at radius 3 is 2.94 bits per heavy atom. The molecular weight excluding hydrogens is 256 g/mol. The average molecular weight is 271 g/mol. The minimum absolute atomic E-state index is 0.413. The van der Waals surface area contributed by atoms with E-state index in [2.05, 4.69) is 12.2 Å². The number of halogens is 1. The quantitative estimate of drug-likeness (QED) is 0.888. The van der Waals surface area contributed by atoms with Gasteiger partial charge in [0.05, 0.1) is 10.7 Å². The summed E-state index contributed by atoms with van der Waals surface area (Å²) in [5.41, 5.74) is 6.53. The van der Waals surface area contributed by atoms with E-state index in [0.717, 1.165) is 17.9 Å². The fourth-order valence-corrected chi connectivity index (χ4v) is 3.25. The van der Waals surface area contributed by atoms with Crippen molar-refractivity contribution in [2.75, 3.05) is 11.1 Å². The summed E-state index contributed by atoms with van der Waals surface area (Å²) < 4.78 is 0. The van der Waals surface area contributed by atoms with Crippen molar-refractivity contribution < 1.29 is 4.79 Å². The van der Waals surface area contributed by atoms with Gasteiger partial charge in [-0.05, 0) is 24.6 Å². The molecule has 1 aliphatic heterocycles. The smallest absolute Gasteiger partial charge is 0.248 e. The Kier molecular flexibility index (Phi) is 3.84. The number of nitrogens with two attached hydrogens (primary N) is 1. The van der Waals surface area contributed by atoms with Gasteiger partial charge in [0, 0.05) is 22.6 Å². The van der Waals surface area contributed by atoms with E-state index in [1.165, 1.54) is 0 Å². The molecule has 0 spiro atoms. The van der Waals surface area contributed by atoms with Crippen LogP contribution in [0, 0.1) is 0 Å². The molecular formula is C12H15ClN2OS. The molecule has 1 aromatic carbocycles. The van der Waals surface area contributed by atoms with Gasteiger partial charge < -0.3 is 11.1 Å². The van der Waals surface area contributed by atoms with Gasteiger partial charge in [-0.25, -0.2) is 0 Å². The fraction of sp³-hybridized carbons (Fsp3) is 0.417. The van der Waals surface area contributed by atoms with Gasteiger partial charge in [-0.3, -0.25) is 4.79 Å². The average Bonchev–Trinajstić information content (AvgIpc) is 2.67. The number of carbonyl (C=O) groups is 1. The van der Waals surface area contributed by atoms with Crippen LogP contribution >= 0.6 is 23.4 Å². The first-order chi connectivity index (χ1) is 8.06. The van der Waals surface area contributed by atoms with Crippen LogP contribution in [0.25, 0.3) is 0 Å². The second-order valence-corrected chi connectivity index (χ2v) is 6.16. The topological polar surface area (TPSA) is 55.1 Å². The molecule has 0 radical (unpaired) electrons. The molecule has 17 heavy (non-hydrogen) atoms. The predicted molar refractivity (Wildman–Crippen MR) is 73.9 cm³/mol. The monoisotopic (exact) mass is 270 g/mol. The van der Waals surface area contributed by atoms with Gasteiger partial charge >= 0.3 is 0 Å². The highest BCUT2D eigenvalue weighted by atomic mass is 35.5. The van der Waals surface area contributed by atoms with Crippen molar-refractivity contribution in [1.82, 2.24) is 0 Å². The number of hydrogen-bond donors (Lipinski definition) is 2. The van der Waals surface area contributed by atoms with Crippen LogP contribution in [0.3, 0.4) is 0 Å². The third-order valence-electron chi connectivity index (χ3n) is 2.81. The second kappa shape index (κ2) is 5.19. The third kappa shape index (κ3) is 3.07. The van der Waals surface area contributed by atoms with Crippen molar-refractivity contribution in [2.24, 2.45) is 5.73 Å². The molecule has 0 aliphatic carbocycles. The van der Waals surface area contributed by atoms with E-state index >= 15 is 0 Å². The van der Waals surface area contributed by atoms with Gasteiger partial charge in [0.1, 0.15) is 0 Å². The Bertz CT molecular complexity index is 439. The summed E-state index contributed by atoms with van der Waals surface area (Å²) in [5.74, 6) is 0.636. The van der Waals surface area contributed by atoms with Crippen LogP contribution in [0.1, 0.15) is 23.7 Å². The SMILES string of the molecule is CC1CC(Nc2cc(C(N)=O)ccc2Cl)CS1. The summed E-state index contributed by atoms with van der Waals surface area (Å²) in [5, 5.41) is 4.67. The molecule has 5 heteroatoms. The first-order valence-corrected chi connectivity index (χ1v) is 6.96. The van der Waals surface area contributed by atoms with Crippen LogP contribution < -0.4 is 11.1 Å². The first kappa shape index (κ1) is 12.6. The summed E-state index contributed by atoms with van der Waals surface area (Å²) in [7, 11) is 0. The summed E-state index contributed by atoms with van der Waals surface area (Å²) in [6.45, 7) is 2.22. The lowest BCUT2D eigenvalue weighted by Gasteiger charge is -2.15. The predicted octanol–water partition coefficient (Wildman–Crippen LogP) is 2.74. The Hall–Kier alpha value is -0.870. The van der Waals surface area contributed by atoms with E-state index in [0.29, 0.717) is 21.9 Å². The lowest BCUT2D eigenvalue weighted by Crippen LogP contribution is -2.20. The molecule has 1 amide bonds. The van der Waals surface area contributed by atoms with E-state index in [1.807, 2.05) is 11.8 Å². The second-order valence-electron chi connectivity index (χ2n) is 4.28. The minimum Gasteiger partial charge on any atom is -0.380 e. The largest absolute Gasteiger partial charge is 0.380 e. The standard InChI is InChI=1S/C12H15ClN2OS/c1-7-4-9(6-17-7)15-11-5-8(12(14)16)2-3-10(11)13/h2-3,5,7,9,15H,4,6H2,1H3,(H2,14,16). The van der Waals surface area contributed by atoms with Crippen LogP contribution in [0.15, 0.2) is 18.2 Å². The number of nitrogens with one attached hydrogen (secondary N) is 1. The van der Waals surface area contributed by atoms with Crippen molar-refractivity contribution in [3.8, 4) is 0 Å². The molecule has 3 N–H and O–H groups in total. The fourth-order valence-electron chi connectivity index (χ4n) is 1.93. The molecule has 2 unspecified atom stereocenters. The van der Waals surface area contributed by atoms with E-state index in [1.54, 1.807) is 18.2 Å². The highest BCUT2D eigenvalue weighted by Gasteiger charge is 2.22. The summed E-state index contributed by atoms with van der Waals surface area (Å²) in [6.07, 6.45) is 1.11. The van der Waals surface area contributed by atoms with Crippen LogP contribution in [0.4, 0.5) is 5.69 Å². The zero-order chi connectivity index (χ0) is 12.4. The highest BCUT2D eigenvalue weighted by molar-refractivity contribution is 8.00. The van der Waals surface area contributed by atoms with Gasteiger partial charge in [-0.15, -0.1) is 0 Å². The lowest BCUT2D eigenvalue weighted by atomic mass is 10.1. The Morgan fingerprint density at radius 2 is 2.35 bits per heavy atom. The molecule has 1 saturated heterocycles. The molecule has 1 fully saturated rings. The molecule has 3 nitrogen and oxygen atoms in total. The number of anilines is 1. The Morgan fingerprint density at radius 1 is 1.59 bits per heavy atom. The van der Waals surface area contributed by atoms with E-state index in [4.69, 9.17) is 17.3 Å². The maximum absolute atomic E-state index is 11.1. The maximum atomic E-state index is 11.1. The van der Waals surface area contributed by atoms with Crippen LogP contribution in [-0.4, -0.2) is 23.0 Å². The zero-order valence-corrected chi connectivity index (χ0v) is 11.1. The molecule has 2 atom stereocenters. The van der Waals surface area contributed by atoms with Crippen molar-refractivity contribution in [2.45, 2.75) is 24.6 Å². The highest BCUT2D eigenvalue weighted by Crippen LogP contribution is 2.31. The maximum Gasteiger partial charge on any atom is 0.248 e. The number of rotatable bonds is 3. The third-order valence-corrected chi connectivity index (χ3v) is 4.49. The van der Waals surface area contributed by atoms with Gasteiger partial charge in [0.15, 0.2) is 0 Å². The normalized spacial score (nSPS) is 23.6. The summed E-state index contributed by atoms with van der Waals surface area (Å²) >= 11 is 8.04. The van der Waals surface area contributed by atoms with Crippen LogP contribution in [0.2, 0.25) is 5.02 Å². The molecule has 1 aromatic rings. The van der Waals surface area contributed by atoms with E-state index < -0.39 is 5.91 Å². The molecule has 1 aliphatic rings. The first-order valence-electron chi connectivity index (χ1n) is 5.53. The van der Waals surface area contributed by atoms with Gasteiger partial charge in [0.25, 0.3) is 0 Å². The molecule has 1 heterocycles. The van der Waals surface area contributed by atoms with Crippen LogP contribution in [-0.2, 0) is 0 Å². The van der Waals surface area contributed by atoms with E-state index in [9.17, 15) is 4.79 Å². The number of carbonyl (C=O) groups excluding carboxylic acids is 1. The van der Waals surface area contributed by atoms with Crippen molar-refractivity contribution in [3.63, 3.8) is 0 Å². The summed E-state index contributed by atoms with van der Waals surface area (Å²) in [4.78, 5) is 11.1. The minimum atomic E-state index is -0.432. The molecule has 0 saturated carbocycles. The Labute approximate surface area is 110 Å².